The van der Waals surface area contributed by atoms with E-state index in [-0.39, 0.29) is 17.7 Å². The second-order valence-corrected chi connectivity index (χ2v) is 6.75. The van der Waals surface area contributed by atoms with E-state index in [4.69, 9.17) is 11.6 Å². The average molecular weight is 253 g/mol. The summed E-state index contributed by atoms with van der Waals surface area (Å²) in [7, 11) is -3.16. The summed E-state index contributed by atoms with van der Waals surface area (Å²) in [6.07, 6.45) is 3.08. The van der Waals surface area contributed by atoms with E-state index in [2.05, 4.69) is 10.0 Å². The molecule has 2 aliphatic rings. The number of halogens is 1. The first-order valence-electron chi connectivity index (χ1n) is 5.38. The highest BCUT2D eigenvalue weighted by Crippen LogP contribution is 2.29. The predicted molar refractivity (Wildman–Crippen MR) is 60.6 cm³/mol. The van der Waals surface area contributed by atoms with Crippen molar-refractivity contribution < 1.29 is 8.42 Å². The summed E-state index contributed by atoms with van der Waals surface area (Å²) >= 11 is 5.44. The molecule has 3 unspecified atom stereocenters. The van der Waals surface area contributed by atoms with Crippen LogP contribution in [0.25, 0.3) is 0 Å². The molecule has 4 nitrogen and oxygen atoms in total. The van der Waals surface area contributed by atoms with Crippen LogP contribution in [0.5, 0.6) is 0 Å². The molecular formula is C9H17ClN2O2S. The van der Waals surface area contributed by atoms with Crippen molar-refractivity contribution in [3.63, 3.8) is 0 Å². The third-order valence-corrected chi connectivity index (χ3v) is 5.04. The lowest BCUT2D eigenvalue weighted by atomic mass is 9.87. The van der Waals surface area contributed by atoms with Crippen molar-refractivity contribution in [3.05, 3.63) is 0 Å². The van der Waals surface area contributed by atoms with E-state index in [1.165, 1.54) is 6.42 Å². The van der Waals surface area contributed by atoms with Crippen LogP contribution in [-0.2, 0) is 10.0 Å². The minimum Gasteiger partial charge on any atom is -0.314 e. The molecule has 1 heterocycles. The number of hydrogen-bond acceptors (Lipinski definition) is 3. The molecule has 1 saturated heterocycles. The maximum atomic E-state index is 11.5. The molecule has 2 bridgehead atoms. The van der Waals surface area contributed by atoms with Crippen LogP contribution < -0.4 is 10.0 Å². The second-order valence-electron chi connectivity index (χ2n) is 4.50. The van der Waals surface area contributed by atoms with Gasteiger partial charge < -0.3 is 5.32 Å². The molecule has 0 aromatic carbocycles. The van der Waals surface area contributed by atoms with Crippen LogP contribution in [0.15, 0.2) is 0 Å². The Balaban J connectivity index is 1.90. The Morgan fingerprint density at radius 3 is 2.80 bits per heavy atom. The van der Waals surface area contributed by atoms with Crippen molar-refractivity contribution in [1.82, 2.24) is 10.0 Å². The fraction of sp³-hybridized carbons (Fsp3) is 1.00. The summed E-state index contributed by atoms with van der Waals surface area (Å²) in [5, 5.41) is 3.41. The van der Waals surface area contributed by atoms with Gasteiger partial charge in [0.1, 0.15) is 0 Å². The first kappa shape index (κ1) is 11.6. The molecule has 0 spiro atoms. The normalized spacial score (nSPS) is 35.7. The lowest BCUT2D eigenvalue weighted by molar-refractivity contribution is 0.345. The fourth-order valence-electron chi connectivity index (χ4n) is 2.61. The zero-order chi connectivity index (χ0) is 10.9. The van der Waals surface area contributed by atoms with Crippen molar-refractivity contribution in [2.24, 2.45) is 5.92 Å². The molecule has 1 aliphatic heterocycles. The van der Waals surface area contributed by atoms with E-state index in [9.17, 15) is 8.42 Å². The average Bonchev–Trinajstić information content (AvgIpc) is 2.44. The molecule has 0 aromatic heterocycles. The van der Waals surface area contributed by atoms with Crippen molar-refractivity contribution in [1.29, 1.82) is 0 Å². The van der Waals surface area contributed by atoms with Crippen molar-refractivity contribution >= 4 is 21.6 Å². The molecule has 1 saturated carbocycles. The van der Waals surface area contributed by atoms with Gasteiger partial charge in [0.15, 0.2) is 0 Å². The Hall–Kier alpha value is 0.160. The fourth-order valence-corrected chi connectivity index (χ4v) is 4.24. The highest BCUT2D eigenvalue weighted by Gasteiger charge is 2.35. The molecule has 6 heteroatoms. The van der Waals surface area contributed by atoms with E-state index < -0.39 is 10.0 Å². The van der Waals surface area contributed by atoms with Gasteiger partial charge in [-0.25, -0.2) is 13.1 Å². The SMILES string of the molecule is O=S(=O)(CCCl)NC1CC2CNC(C2)C1. The molecule has 1 aliphatic carbocycles. The molecule has 2 fully saturated rings. The number of nitrogens with one attached hydrogen (secondary N) is 2. The summed E-state index contributed by atoms with van der Waals surface area (Å²) in [5.41, 5.74) is 0. The van der Waals surface area contributed by atoms with Crippen LogP contribution in [0.1, 0.15) is 19.3 Å². The summed E-state index contributed by atoms with van der Waals surface area (Å²) < 4.78 is 25.8. The molecular weight excluding hydrogens is 236 g/mol. The summed E-state index contributed by atoms with van der Waals surface area (Å²) in [6, 6.07) is 0.615. The van der Waals surface area contributed by atoms with Crippen LogP contribution in [0, 0.1) is 5.92 Å². The van der Waals surface area contributed by atoms with Gasteiger partial charge in [-0.1, -0.05) is 0 Å². The monoisotopic (exact) mass is 252 g/mol. The zero-order valence-electron chi connectivity index (χ0n) is 8.58. The van der Waals surface area contributed by atoms with Gasteiger partial charge in [-0.15, -0.1) is 11.6 Å². The van der Waals surface area contributed by atoms with Gasteiger partial charge >= 0.3 is 0 Å². The minimum atomic E-state index is -3.16. The van der Waals surface area contributed by atoms with Gasteiger partial charge in [-0.3, -0.25) is 0 Å². The maximum absolute atomic E-state index is 11.5. The standard InChI is InChI=1S/C9H17ClN2O2S/c10-1-2-15(13,14)12-9-4-7-3-8(5-9)11-6-7/h7-9,11-12H,1-6H2. The highest BCUT2D eigenvalue weighted by molar-refractivity contribution is 7.89. The van der Waals surface area contributed by atoms with Gasteiger partial charge in [0.05, 0.1) is 5.75 Å². The van der Waals surface area contributed by atoms with Crippen LogP contribution in [-0.4, -0.2) is 38.7 Å². The number of sulfonamides is 1. The Bertz CT molecular complexity index is 308. The van der Waals surface area contributed by atoms with Crippen molar-refractivity contribution in [2.75, 3.05) is 18.2 Å². The van der Waals surface area contributed by atoms with E-state index in [1.807, 2.05) is 0 Å². The molecule has 2 N–H and O–H groups in total. The third-order valence-electron chi connectivity index (χ3n) is 3.19. The van der Waals surface area contributed by atoms with Crippen LogP contribution in [0.4, 0.5) is 0 Å². The van der Waals surface area contributed by atoms with Crippen molar-refractivity contribution in [2.45, 2.75) is 31.3 Å². The summed E-state index contributed by atoms with van der Waals surface area (Å²) in [4.78, 5) is 0. The van der Waals surface area contributed by atoms with E-state index in [1.54, 1.807) is 0 Å². The quantitative estimate of drug-likeness (QED) is 0.707. The highest BCUT2D eigenvalue weighted by atomic mass is 35.5. The van der Waals surface area contributed by atoms with E-state index in [0.29, 0.717) is 12.0 Å². The molecule has 15 heavy (non-hydrogen) atoms. The Labute approximate surface area is 95.8 Å². The third kappa shape index (κ3) is 3.06. The summed E-state index contributed by atoms with van der Waals surface area (Å²) in [5.74, 6) is 0.827. The van der Waals surface area contributed by atoms with Gasteiger partial charge in [-0.2, -0.15) is 0 Å². The molecule has 0 amide bonds. The molecule has 3 atom stereocenters. The number of alkyl halides is 1. The Morgan fingerprint density at radius 1 is 1.33 bits per heavy atom. The topological polar surface area (TPSA) is 58.2 Å². The zero-order valence-corrected chi connectivity index (χ0v) is 10.1. The van der Waals surface area contributed by atoms with E-state index >= 15 is 0 Å². The smallest absolute Gasteiger partial charge is 0.213 e. The Kier molecular flexibility index (Phi) is 3.55. The second kappa shape index (κ2) is 4.57. The van der Waals surface area contributed by atoms with Gasteiger partial charge in [-0.05, 0) is 31.7 Å². The van der Waals surface area contributed by atoms with Gasteiger partial charge in [0.2, 0.25) is 10.0 Å². The van der Waals surface area contributed by atoms with E-state index in [0.717, 1.165) is 19.4 Å². The molecule has 88 valence electrons. The van der Waals surface area contributed by atoms with Crippen LogP contribution >= 0.6 is 11.6 Å². The number of fused-ring (bicyclic) bond motifs is 2. The van der Waals surface area contributed by atoms with Crippen LogP contribution in [0.2, 0.25) is 0 Å². The largest absolute Gasteiger partial charge is 0.314 e. The maximum Gasteiger partial charge on any atom is 0.213 e. The van der Waals surface area contributed by atoms with Gasteiger partial charge in [0.25, 0.3) is 0 Å². The lowest BCUT2D eigenvalue weighted by Gasteiger charge is -2.27. The summed E-state index contributed by atoms with van der Waals surface area (Å²) in [6.45, 7) is 1.04. The van der Waals surface area contributed by atoms with Crippen molar-refractivity contribution in [3.8, 4) is 0 Å². The Morgan fingerprint density at radius 2 is 2.13 bits per heavy atom. The minimum absolute atomic E-state index is 0.0216. The molecule has 2 rings (SSSR count). The first-order valence-corrected chi connectivity index (χ1v) is 7.57. The predicted octanol–water partition coefficient (Wildman–Crippen LogP) is 0.285. The van der Waals surface area contributed by atoms with Gasteiger partial charge in [0, 0.05) is 18.0 Å². The lowest BCUT2D eigenvalue weighted by Crippen LogP contribution is -2.42. The molecule has 0 radical (unpaired) electrons. The first-order chi connectivity index (χ1) is 7.09. The number of hydrogen-bond donors (Lipinski definition) is 2. The van der Waals surface area contributed by atoms with Crippen LogP contribution in [0.3, 0.4) is 0 Å². The molecule has 0 aromatic rings. The number of rotatable bonds is 4.